The molecule has 1 aliphatic heterocycles. The second-order valence-corrected chi connectivity index (χ2v) is 10.4. The quantitative estimate of drug-likeness (QED) is 0.352. The van der Waals surface area contributed by atoms with Crippen LogP contribution >= 0.6 is 0 Å². The van der Waals surface area contributed by atoms with Gasteiger partial charge in [-0.1, -0.05) is 38.1 Å². The van der Waals surface area contributed by atoms with Gasteiger partial charge in [0.2, 0.25) is 5.90 Å². The Morgan fingerprint density at radius 2 is 1.35 bits per heavy atom. The summed E-state index contributed by atoms with van der Waals surface area (Å²) in [7, 11) is 7.87. The van der Waals surface area contributed by atoms with Crippen LogP contribution in [0.2, 0.25) is 0 Å². The smallest absolute Gasteiger partial charge is 0.341 e. The maximum Gasteiger partial charge on any atom is 0.341 e. The van der Waals surface area contributed by atoms with Gasteiger partial charge in [0.1, 0.15) is 11.6 Å². The lowest BCUT2D eigenvalue weighted by Gasteiger charge is -2.34. The molecule has 0 radical (unpaired) electrons. The highest BCUT2D eigenvalue weighted by Gasteiger charge is 2.53. The predicted molar refractivity (Wildman–Crippen MR) is 145 cm³/mol. The SMILES string of the molecule is CC(C)CC1(C(c2ccc(N(C)C)cc2)c2ccc(N(C)C)cc2)N=C(c2ccc(F)cc2F)OC1=O. The molecule has 1 heterocycles. The standard InChI is InChI=1S/C30H33F2N3O2/c1-19(2)18-30(29(36)37-28(33-30)25-16-11-22(31)17-26(25)32)27(20-7-12-23(13-8-20)34(3)4)21-9-14-24(15-10-21)35(5)6/h7-17,19,27H,18H2,1-6H3. The number of halogens is 2. The topological polar surface area (TPSA) is 45.1 Å². The Bertz CT molecular complexity index is 1250. The van der Waals surface area contributed by atoms with Gasteiger partial charge < -0.3 is 14.5 Å². The summed E-state index contributed by atoms with van der Waals surface area (Å²) in [4.78, 5) is 22.6. The van der Waals surface area contributed by atoms with Crippen LogP contribution in [0, 0.1) is 17.6 Å². The summed E-state index contributed by atoms with van der Waals surface area (Å²) < 4.78 is 34.0. The van der Waals surface area contributed by atoms with E-state index >= 15 is 0 Å². The van der Waals surface area contributed by atoms with Gasteiger partial charge in [-0.2, -0.15) is 0 Å². The highest BCUT2D eigenvalue weighted by molar-refractivity contribution is 6.08. The molecule has 7 heteroatoms. The first kappa shape index (κ1) is 26.3. The monoisotopic (exact) mass is 505 g/mol. The number of carbonyl (C=O) groups excluding carboxylic acids is 1. The van der Waals surface area contributed by atoms with Crippen molar-refractivity contribution in [2.75, 3.05) is 38.0 Å². The molecule has 4 rings (SSSR count). The fourth-order valence-corrected chi connectivity index (χ4v) is 4.93. The zero-order valence-electron chi connectivity index (χ0n) is 22.1. The summed E-state index contributed by atoms with van der Waals surface area (Å²) in [5.41, 5.74) is 2.47. The van der Waals surface area contributed by atoms with Gasteiger partial charge in [-0.25, -0.2) is 18.6 Å². The number of nitrogens with zero attached hydrogens (tertiary/aromatic N) is 3. The van der Waals surface area contributed by atoms with Crippen molar-refractivity contribution in [3.05, 3.63) is 95.1 Å². The number of esters is 1. The summed E-state index contributed by atoms with van der Waals surface area (Å²) >= 11 is 0. The minimum Gasteiger partial charge on any atom is -0.405 e. The molecule has 0 aliphatic carbocycles. The summed E-state index contributed by atoms with van der Waals surface area (Å²) in [5, 5.41) is 0. The van der Waals surface area contributed by atoms with Crippen molar-refractivity contribution < 1.29 is 18.3 Å². The average Bonchev–Trinajstić information content (AvgIpc) is 3.15. The van der Waals surface area contributed by atoms with E-state index in [1.807, 2.05) is 100 Å². The van der Waals surface area contributed by atoms with E-state index < -0.39 is 29.1 Å². The van der Waals surface area contributed by atoms with Gasteiger partial charge >= 0.3 is 5.97 Å². The molecule has 194 valence electrons. The molecule has 1 atom stereocenters. The molecule has 0 N–H and O–H groups in total. The molecule has 1 aliphatic rings. The third-order valence-electron chi connectivity index (χ3n) is 6.69. The van der Waals surface area contributed by atoms with E-state index in [-0.39, 0.29) is 17.4 Å². The number of rotatable bonds is 8. The van der Waals surface area contributed by atoms with Crippen molar-refractivity contribution in [1.82, 2.24) is 0 Å². The van der Waals surface area contributed by atoms with Crippen LogP contribution in [0.25, 0.3) is 0 Å². The van der Waals surface area contributed by atoms with Crippen LogP contribution in [-0.2, 0) is 9.53 Å². The molecule has 0 aromatic heterocycles. The molecule has 0 spiro atoms. The minimum atomic E-state index is -1.33. The van der Waals surface area contributed by atoms with Gasteiger partial charge in [0.15, 0.2) is 5.54 Å². The molecule has 0 saturated carbocycles. The highest BCUT2D eigenvalue weighted by Crippen LogP contribution is 2.46. The van der Waals surface area contributed by atoms with Crippen molar-refractivity contribution in [3.63, 3.8) is 0 Å². The summed E-state index contributed by atoms with van der Waals surface area (Å²) in [6.07, 6.45) is 0.383. The van der Waals surface area contributed by atoms with Gasteiger partial charge in [-0.3, -0.25) is 0 Å². The van der Waals surface area contributed by atoms with Gasteiger partial charge in [0, 0.05) is 51.5 Å². The zero-order chi connectivity index (χ0) is 26.9. The average molecular weight is 506 g/mol. The van der Waals surface area contributed by atoms with E-state index in [0.29, 0.717) is 6.42 Å². The molecule has 0 saturated heterocycles. The van der Waals surface area contributed by atoms with Crippen molar-refractivity contribution >= 4 is 23.2 Å². The van der Waals surface area contributed by atoms with Crippen LogP contribution in [0.5, 0.6) is 0 Å². The molecular formula is C30H33F2N3O2. The fourth-order valence-electron chi connectivity index (χ4n) is 4.93. The maximum absolute atomic E-state index is 14.7. The third-order valence-corrected chi connectivity index (χ3v) is 6.69. The van der Waals surface area contributed by atoms with Crippen molar-refractivity contribution in [3.8, 4) is 0 Å². The number of carbonyl (C=O) groups is 1. The van der Waals surface area contributed by atoms with Gasteiger partial charge in [-0.15, -0.1) is 0 Å². The van der Waals surface area contributed by atoms with Crippen LogP contribution in [0.4, 0.5) is 20.2 Å². The highest BCUT2D eigenvalue weighted by atomic mass is 19.1. The first-order chi connectivity index (χ1) is 17.5. The van der Waals surface area contributed by atoms with E-state index in [4.69, 9.17) is 9.73 Å². The molecule has 3 aromatic carbocycles. The van der Waals surface area contributed by atoms with Gasteiger partial charge in [0.25, 0.3) is 0 Å². The lowest BCUT2D eigenvalue weighted by Crippen LogP contribution is -2.42. The van der Waals surface area contributed by atoms with Crippen molar-refractivity contribution in [2.45, 2.75) is 31.7 Å². The Morgan fingerprint density at radius 3 is 1.78 bits per heavy atom. The number of benzene rings is 3. The fraction of sp³-hybridized carbons (Fsp3) is 0.333. The largest absolute Gasteiger partial charge is 0.405 e. The van der Waals surface area contributed by atoms with Crippen LogP contribution < -0.4 is 9.80 Å². The van der Waals surface area contributed by atoms with Crippen LogP contribution in [0.1, 0.15) is 42.9 Å². The molecule has 0 amide bonds. The Hall–Kier alpha value is -3.74. The van der Waals surface area contributed by atoms with Crippen molar-refractivity contribution in [2.24, 2.45) is 10.9 Å². The Labute approximate surface area is 217 Å². The summed E-state index contributed by atoms with van der Waals surface area (Å²) in [5.74, 6) is -2.61. The molecule has 1 unspecified atom stereocenters. The van der Waals surface area contributed by atoms with Gasteiger partial charge in [0.05, 0.1) is 5.56 Å². The predicted octanol–water partition coefficient (Wildman–Crippen LogP) is 6.02. The molecule has 5 nitrogen and oxygen atoms in total. The summed E-state index contributed by atoms with van der Waals surface area (Å²) in [6.45, 7) is 4.03. The van der Waals surface area contributed by atoms with Crippen LogP contribution in [-0.4, -0.2) is 45.6 Å². The molecule has 37 heavy (non-hydrogen) atoms. The van der Waals surface area contributed by atoms with Crippen LogP contribution in [0.3, 0.4) is 0 Å². The first-order valence-corrected chi connectivity index (χ1v) is 12.3. The summed E-state index contributed by atoms with van der Waals surface area (Å²) in [6, 6.07) is 19.2. The molecule has 3 aromatic rings. The van der Waals surface area contributed by atoms with E-state index in [9.17, 15) is 13.6 Å². The molecule has 0 fully saturated rings. The Morgan fingerprint density at radius 1 is 0.838 bits per heavy atom. The number of ether oxygens (including phenoxy) is 1. The van der Waals surface area contributed by atoms with Gasteiger partial charge in [-0.05, 0) is 59.9 Å². The first-order valence-electron chi connectivity index (χ1n) is 12.3. The third kappa shape index (κ3) is 5.22. The minimum absolute atomic E-state index is 0.0370. The van der Waals surface area contributed by atoms with Crippen molar-refractivity contribution in [1.29, 1.82) is 0 Å². The molecular weight excluding hydrogens is 472 g/mol. The van der Waals surface area contributed by atoms with E-state index in [1.165, 1.54) is 6.07 Å². The van der Waals surface area contributed by atoms with E-state index in [2.05, 4.69) is 0 Å². The normalized spacial score (nSPS) is 17.2. The van der Waals surface area contributed by atoms with E-state index in [1.54, 1.807) is 0 Å². The zero-order valence-corrected chi connectivity index (χ0v) is 22.1. The van der Waals surface area contributed by atoms with Crippen LogP contribution in [0.15, 0.2) is 71.7 Å². The number of cyclic esters (lactones) is 1. The lowest BCUT2D eigenvalue weighted by molar-refractivity contribution is -0.140. The Balaban J connectivity index is 1.93. The maximum atomic E-state index is 14.7. The molecule has 0 bridgehead atoms. The Kier molecular flexibility index (Phi) is 7.35. The number of hydrogen-bond acceptors (Lipinski definition) is 5. The number of anilines is 2. The number of aliphatic imine (C=N–C) groups is 1. The second-order valence-electron chi connectivity index (χ2n) is 10.4. The second kappa shape index (κ2) is 10.3. The lowest BCUT2D eigenvalue weighted by atomic mass is 9.71. The van der Waals surface area contributed by atoms with E-state index in [0.717, 1.165) is 34.6 Å². The number of hydrogen-bond donors (Lipinski definition) is 0.